The number of pyridine rings is 1. The van der Waals surface area contributed by atoms with Crippen molar-refractivity contribution in [1.29, 1.82) is 0 Å². The van der Waals surface area contributed by atoms with Crippen LogP contribution in [0.1, 0.15) is 19.8 Å². The van der Waals surface area contributed by atoms with Gasteiger partial charge in [-0.25, -0.2) is 4.98 Å². The summed E-state index contributed by atoms with van der Waals surface area (Å²) in [4.78, 5) is 6.75. The highest BCUT2D eigenvalue weighted by Gasteiger charge is 2.16. The number of anilines is 1. The Kier molecular flexibility index (Phi) is 3.06. The molecule has 1 aliphatic heterocycles. The molecule has 0 atom stereocenters. The van der Waals surface area contributed by atoms with Crippen LogP contribution in [-0.4, -0.2) is 18.1 Å². The fourth-order valence-electron chi connectivity index (χ4n) is 1.80. The van der Waals surface area contributed by atoms with E-state index in [1.807, 2.05) is 12.3 Å². The molecule has 3 heteroatoms. The molecule has 1 fully saturated rings. The Labute approximate surface area is 93.5 Å². The summed E-state index contributed by atoms with van der Waals surface area (Å²) in [5.74, 6) is 1.98. The second kappa shape index (κ2) is 4.30. The summed E-state index contributed by atoms with van der Waals surface area (Å²) in [7, 11) is 0. The number of piperidine rings is 1. The second-order valence-electron chi connectivity index (χ2n) is 4.00. The van der Waals surface area contributed by atoms with E-state index < -0.39 is 0 Å². The summed E-state index contributed by atoms with van der Waals surface area (Å²) in [5, 5.41) is 0. The maximum Gasteiger partial charge on any atom is 0.129 e. The molecule has 2 heterocycles. The molecule has 0 unspecified atom stereocenters. The summed E-state index contributed by atoms with van der Waals surface area (Å²) in [6.45, 7) is 4.61. The van der Waals surface area contributed by atoms with Crippen molar-refractivity contribution in [3.8, 4) is 0 Å². The Morgan fingerprint density at radius 1 is 1.43 bits per heavy atom. The first-order valence-corrected chi connectivity index (χ1v) is 5.91. The number of aromatic nitrogens is 1. The van der Waals surface area contributed by atoms with Crippen LogP contribution in [-0.2, 0) is 0 Å². The number of nitrogens with zero attached hydrogens (tertiary/aromatic N) is 2. The molecule has 0 saturated carbocycles. The summed E-state index contributed by atoms with van der Waals surface area (Å²) in [6, 6.07) is 4.06. The first kappa shape index (κ1) is 9.97. The van der Waals surface area contributed by atoms with E-state index in [-0.39, 0.29) is 0 Å². The molecule has 0 aromatic carbocycles. The molecule has 1 aliphatic rings. The van der Waals surface area contributed by atoms with Gasteiger partial charge < -0.3 is 4.90 Å². The van der Waals surface area contributed by atoms with Gasteiger partial charge in [0.15, 0.2) is 0 Å². The van der Waals surface area contributed by atoms with Gasteiger partial charge in [-0.2, -0.15) is 0 Å². The zero-order valence-electron chi connectivity index (χ0n) is 8.41. The maximum absolute atomic E-state index is 4.38. The van der Waals surface area contributed by atoms with Gasteiger partial charge in [0.1, 0.15) is 5.82 Å². The van der Waals surface area contributed by atoms with Crippen molar-refractivity contribution in [2.24, 2.45) is 5.92 Å². The SMILES string of the molecule is CC1CCN(c2cc(Br)ccn2)CC1. The topological polar surface area (TPSA) is 16.1 Å². The summed E-state index contributed by atoms with van der Waals surface area (Å²) in [6.07, 6.45) is 4.43. The van der Waals surface area contributed by atoms with Gasteiger partial charge in [-0.3, -0.25) is 0 Å². The molecule has 0 N–H and O–H groups in total. The van der Waals surface area contributed by atoms with E-state index in [2.05, 4.69) is 38.8 Å². The molecule has 2 rings (SSSR count). The van der Waals surface area contributed by atoms with Crippen molar-refractivity contribution >= 4 is 21.7 Å². The van der Waals surface area contributed by atoms with Crippen molar-refractivity contribution in [2.45, 2.75) is 19.8 Å². The molecule has 0 spiro atoms. The third-order valence-corrected chi connectivity index (χ3v) is 3.31. The lowest BCUT2D eigenvalue weighted by atomic mass is 9.99. The first-order valence-electron chi connectivity index (χ1n) is 5.12. The minimum atomic E-state index is 0.874. The fourth-order valence-corrected chi connectivity index (χ4v) is 2.13. The lowest BCUT2D eigenvalue weighted by molar-refractivity contribution is 0.436. The van der Waals surface area contributed by atoms with Crippen molar-refractivity contribution in [3.63, 3.8) is 0 Å². The van der Waals surface area contributed by atoms with Crippen LogP contribution in [0, 0.1) is 5.92 Å². The van der Waals surface area contributed by atoms with Gasteiger partial charge >= 0.3 is 0 Å². The Morgan fingerprint density at radius 3 is 2.79 bits per heavy atom. The quantitative estimate of drug-likeness (QED) is 0.766. The average molecular weight is 255 g/mol. The Balaban J connectivity index is 2.08. The van der Waals surface area contributed by atoms with E-state index in [4.69, 9.17) is 0 Å². The molecule has 0 aliphatic carbocycles. The van der Waals surface area contributed by atoms with Crippen LogP contribution in [0.25, 0.3) is 0 Å². The Morgan fingerprint density at radius 2 is 2.14 bits per heavy atom. The smallest absolute Gasteiger partial charge is 0.129 e. The van der Waals surface area contributed by atoms with E-state index in [0.717, 1.165) is 29.3 Å². The van der Waals surface area contributed by atoms with Gasteiger partial charge in [0, 0.05) is 23.8 Å². The highest BCUT2D eigenvalue weighted by molar-refractivity contribution is 9.10. The largest absolute Gasteiger partial charge is 0.357 e. The number of hydrogen-bond acceptors (Lipinski definition) is 2. The predicted octanol–water partition coefficient (Wildman–Crippen LogP) is 3.08. The Hall–Kier alpha value is -0.570. The van der Waals surface area contributed by atoms with E-state index in [1.54, 1.807) is 0 Å². The molecule has 0 amide bonds. The standard InChI is InChI=1S/C11H15BrN2/c1-9-3-6-14(7-4-9)11-8-10(12)2-5-13-11/h2,5,8-9H,3-4,6-7H2,1H3. The summed E-state index contributed by atoms with van der Waals surface area (Å²) >= 11 is 3.47. The minimum absolute atomic E-state index is 0.874. The number of halogens is 1. The molecular weight excluding hydrogens is 240 g/mol. The highest BCUT2D eigenvalue weighted by atomic mass is 79.9. The number of hydrogen-bond donors (Lipinski definition) is 0. The molecule has 0 bridgehead atoms. The zero-order valence-corrected chi connectivity index (χ0v) is 10.00. The molecule has 14 heavy (non-hydrogen) atoms. The first-order chi connectivity index (χ1) is 6.75. The van der Waals surface area contributed by atoms with Gasteiger partial charge in [0.25, 0.3) is 0 Å². The van der Waals surface area contributed by atoms with E-state index in [0.29, 0.717) is 0 Å². The summed E-state index contributed by atoms with van der Waals surface area (Å²) < 4.78 is 1.11. The minimum Gasteiger partial charge on any atom is -0.357 e. The molecule has 1 aromatic heterocycles. The van der Waals surface area contributed by atoms with Gasteiger partial charge in [-0.05, 0) is 30.9 Å². The van der Waals surface area contributed by atoms with Gasteiger partial charge in [-0.15, -0.1) is 0 Å². The van der Waals surface area contributed by atoms with Gasteiger partial charge in [-0.1, -0.05) is 22.9 Å². The van der Waals surface area contributed by atoms with Crippen molar-refractivity contribution < 1.29 is 0 Å². The normalized spacial score (nSPS) is 18.6. The lowest BCUT2D eigenvalue weighted by Crippen LogP contribution is -2.33. The molecule has 1 aromatic rings. The van der Waals surface area contributed by atoms with Crippen molar-refractivity contribution in [1.82, 2.24) is 4.98 Å². The van der Waals surface area contributed by atoms with Crippen LogP contribution in [0.4, 0.5) is 5.82 Å². The average Bonchev–Trinajstić information content (AvgIpc) is 2.19. The molecular formula is C11H15BrN2. The second-order valence-corrected chi connectivity index (χ2v) is 4.92. The van der Waals surface area contributed by atoms with Crippen molar-refractivity contribution in [2.75, 3.05) is 18.0 Å². The van der Waals surface area contributed by atoms with Crippen LogP contribution in [0.5, 0.6) is 0 Å². The number of rotatable bonds is 1. The van der Waals surface area contributed by atoms with Crippen LogP contribution in [0.3, 0.4) is 0 Å². The van der Waals surface area contributed by atoms with Gasteiger partial charge in [0.2, 0.25) is 0 Å². The van der Waals surface area contributed by atoms with Crippen LogP contribution in [0.15, 0.2) is 22.8 Å². The predicted molar refractivity (Wildman–Crippen MR) is 62.5 cm³/mol. The molecule has 0 radical (unpaired) electrons. The van der Waals surface area contributed by atoms with Crippen LogP contribution in [0.2, 0.25) is 0 Å². The zero-order chi connectivity index (χ0) is 9.97. The van der Waals surface area contributed by atoms with Crippen LogP contribution >= 0.6 is 15.9 Å². The molecule has 76 valence electrons. The van der Waals surface area contributed by atoms with Gasteiger partial charge in [0.05, 0.1) is 0 Å². The van der Waals surface area contributed by atoms with E-state index >= 15 is 0 Å². The third-order valence-electron chi connectivity index (χ3n) is 2.82. The van der Waals surface area contributed by atoms with E-state index in [9.17, 15) is 0 Å². The Bertz CT molecular complexity index is 306. The van der Waals surface area contributed by atoms with Crippen molar-refractivity contribution in [3.05, 3.63) is 22.8 Å². The molecule has 2 nitrogen and oxygen atoms in total. The van der Waals surface area contributed by atoms with E-state index in [1.165, 1.54) is 12.8 Å². The third kappa shape index (κ3) is 2.27. The summed E-state index contributed by atoms with van der Waals surface area (Å²) in [5.41, 5.74) is 0. The fraction of sp³-hybridized carbons (Fsp3) is 0.545. The maximum atomic E-state index is 4.38. The molecule has 1 saturated heterocycles. The highest BCUT2D eigenvalue weighted by Crippen LogP contribution is 2.23. The monoisotopic (exact) mass is 254 g/mol. The van der Waals surface area contributed by atoms with Crippen LogP contribution < -0.4 is 4.90 Å². The lowest BCUT2D eigenvalue weighted by Gasteiger charge is -2.31.